The van der Waals surface area contributed by atoms with Crippen LogP contribution in [0, 0.1) is 17.8 Å². The number of hydrogen-bond acceptors (Lipinski definition) is 8. The van der Waals surface area contributed by atoms with Crippen molar-refractivity contribution < 1.29 is 33.4 Å². The number of guanidine groups is 1. The molecule has 2 rings (SSSR count). The van der Waals surface area contributed by atoms with Crippen LogP contribution in [0.4, 0.5) is 0 Å². The Kier molecular flexibility index (Phi) is 17.2. The summed E-state index contributed by atoms with van der Waals surface area (Å²) in [5.74, 6) is -1.77. The van der Waals surface area contributed by atoms with Gasteiger partial charge in [-0.05, 0) is 30.2 Å². The first-order chi connectivity index (χ1) is 23.6. The zero-order chi connectivity index (χ0) is 37.7. The first kappa shape index (κ1) is 42.5. The minimum atomic E-state index is -0.879. The molecule has 1 fully saturated rings. The van der Waals surface area contributed by atoms with E-state index in [-0.39, 0.29) is 54.4 Å². The molecule has 1 aliphatic rings. The normalized spacial score (nSPS) is 19.2. The van der Waals surface area contributed by atoms with E-state index in [0.29, 0.717) is 13.0 Å². The third-order valence-electron chi connectivity index (χ3n) is 9.96. The first-order valence-corrected chi connectivity index (χ1v) is 17.7. The summed E-state index contributed by atoms with van der Waals surface area (Å²) in [7, 11) is 9.68. The third kappa shape index (κ3) is 11.1. The van der Waals surface area contributed by atoms with E-state index in [9.17, 15) is 19.2 Å². The summed E-state index contributed by atoms with van der Waals surface area (Å²) in [6.07, 6.45) is 1.24. The van der Waals surface area contributed by atoms with Gasteiger partial charge in [-0.1, -0.05) is 71.4 Å². The van der Waals surface area contributed by atoms with E-state index in [0.717, 1.165) is 18.4 Å². The highest BCUT2D eigenvalue weighted by Crippen LogP contribution is 2.30. The lowest BCUT2D eigenvalue weighted by Gasteiger charge is -2.40. The van der Waals surface area contributed by atoms with Gasteiger partial charge in [0.05, 0.1) is 43.7 Å². The number of likely N-dealkylation sites (N-methyl/N-ethyl adjacent to an activating group) is 1. The predicted octanol–water partition coefficient (Wildman–Crippen LogP) is 2.71. The molecule has 0 saturated carbocycles. The summed E-state index contributed by atoms with van der Waals surface area (Å²) in [6.45, 7) is 10.2. The van der Waals surface area contributed by atoms with Crippen molar-refractivity contribution >= 4 is 29.7 Å². The Morgan fingerprint density at radius 2 is 1.66 bits per heavy atom. The minimum Gasteiger partial charge on any atom is -0.467 e. The van der Waals surface area contributed by atoms with Crippen LogP contribution in [-0.2, 0) is 39.8 Å². The van der Waals surface area contributed by atoms with Crippen molar-refractivity contribution in [1.29, 1.82) is 0 Å². The van der Waals surface area contributed by atoms with Gasteiger partial charge >= 0.3 is 5.97 Å². The van der Waals surface area contributed by atoms with Crippen LogP contribution in [0.3, 0.4) is 0 Å². The molecule has 1 heterocycles. The standard InChI is InChI=1S/C37H62N6O7/c1-12-24(4)32(42(8)35(46)31(23(2)3)40-37(38)41(6)7)29(48-9)22-30(44)43-20-16-19-28(43)33(49-10)25(5)34(45)39-27(36(47)50-11)21-26-17-14-13-15-18-26/h13-15,17-18,23-25,27-29,31-33H,12,16,19-22H2,1-11H3,(H2,38,40)(H,39,45)/t24-,25+,27-,28-,29?,31-,32-,33+/m0/s1. The maximum Gasteiger partial charge on any atom is 0.328 e. The topological polar surface area (TPSA) is 156 Å². The van der Waals surface area contributed by atoms with Gasteiger partial charge in [-0.2, -0.15) is 0 Å². The van der Waals surface area contributed by atoms with Gasteiger partial charge < -0.3 is 40.0 Å². The highest BCUT2D eigenvalue weighted by molar-refractivity contribution is 5.87. The van der Waals surface area contributed by atoms with Gasteiger partial charge in [-0.25, -0.2) is 9.79 Å². The average Bonchev–Trinajstić information content (AvgIpc) is 3.59. The van der Waals surface area contributed by atoms with E-state index < -0.39 is 42.2 Å². The molecule has 8 atom stereocenters. The monoisotopic (exact) mass is 702 g/mol. The molecule has 1 unspecified atom stereocenters. The molecule has 1 saturated heterocycles. The smallest absolute Gasteiger partial charge is 0.328 e. The maximum atomic E-state index is 14.1. The minimum absolute atomic E-state index is 0.00754. The fraction of sp³-hybridized carbons (Fsp3) is 0.703. The van der Waals surface area contributed by atoms with Crippen molar-refractivity contribution in [3.05, 3.63) is 35.9 Å². The Labute approximate surface area is 299 Å². The van der Waals surface area contributed by atoms with Crippen molar-refractivity contribution in [1.82, 2.24) is 20.0 Å². The number of rotatable bonds is 18. The number of nitrogens with one attached hydrogen (secondary N) is 1. The van der Waals surface area contributed by atoms with Gasteiger partial charge in [-0.3, -0.25) is 14.4 Å². The predicted molar refractivity (Wildman–Crippen MR) is 194 cm³/mol. The van der Waals surface area contributed by atoms with Gasteiger partial charge in [-0.15, -0.1) is 0 Å². The van der Waals surface area contributed by atoms with Crippen LogP contribution in [0.25, 0.3) is 0 Å². The Morgan fingerprint density at radius 3 is 2.18 bits per heavy atom. The van der Waals surface area contributed by atoms with Crippen LogP contribution in [0.2, 0.25) is 0 Å². The second-order valence-corrected chi connectivity index (χ2v) is 13.9. The molecular formula is C37H62N6O7. The quantitative estimate of drug-likeness (QED) is 0.133. The summed E-state index contributed by atoms with van der Waals surface area (Å²) in [5.41, 5.74) is 7.00. The van der Waals surface area contributed by atoms with Crippen molar-refractivity contribution in [3.8, 4) is 0 Å². The van der Waals surface area contributed by atoms with Crippen LogP contribution in [-0.4, -0.2) is 130 Å². The van der Waals surface area contributed by atoms with Gasteiger partial charge in [0.1, 0.15) is 12.1 Å². The zero-order valence-corrected chi connectivity index (χ0v) is 32.0. The number of ether oxygens (including phenoxy) is 3. The van der Waals surface area contributed by atoms with E-state index in [4.69, 9.17) is 19.9 Å². The molecule has 0 spiro atoms. The number of esters is 1. The second kappa shape index (κ2) is 20.2. The molecule has 0 aromatic heterocycles. The van der Waals surface area contributed by atoms with Crippen molar-refractivity contribution in [2.24, 2.45) is 28.5 Å². The summed E-state index contributed by atoms with van der Waals surface area (Å²) >= 11 is 0. The first-order valence-electron chi connectivity index (χ1n) is 17.7. The Bertz CT molecular complexity index is 1280. The average molecular weight is 703 g/mol. The molecule has 0 radical (unpaired) electrons. The van der Waals surface area contributed by atoms with E-state index in [1.165, 1.54) is 14.2 Å². The number of hydrogen-bond donors (Lipinski definition) is 2. The maximum absolute atomic E-state index is 14.1. The lowest BCUT2D eigenvalue weighted by Crippen LogP contribution is -2.55. The second-order valence-electron chi connectivity index (χ2n) is 13.9. The van der Waals surface area contributed by atoms with Crippen LogP contribution >= 0.6 is 0 Å². The summed E-state index contributed by atoms with van der Waals surface area (Å²) in [6, 6.07) is 7.03. The lowest BCUT2D eigenvalue weighted by molar-refractivity contribution is -0.148. The SMILES string of the molecule is CC[C@H](C)[C@@H](C(CC(=O)N1CCC[C@H]1[C@H](OC)[C@@H](C)C(=O)N[C@@H](Cc1ccccc1)C(=O)OC)OC)N(C)C(=O)[C@@H](N=C(N)N(C)C)C(C)C. The Hall–Kier alpha value is -3.71. The van der Waals surface area contributed by atoms with Gasteiger partial charge in [0, 0.05) is 48.3 Å². The van der Waals surface area contributed by atoms with Crippen molar-refractivity contribution in [3.63, 3.8) is 0 Å². The Balaban J connectivity index is 2.28. The number of likely N-dealkylation sites (tertiary alicyclic amines) is 1. The number of amides is 3. The number of nitrogens with two attached hydrogens (primary N) is 1. The summed E-state index contributed by atoms with van der Waals surface area (Å²) in [4.78, 5) is 63.9. The molecule has 0 aliphatic carbocycles. The number of carbonyl (C=O) groups is 4. The van der Waals surface area contributed by atoms with Crippen LogP contribution in [0.15, 0.2) is 35.3 Å². The van der Waals surface area contributed by atoms with E-state index in [1.54, 1.807) is 49.9 Å². The number of benzene rings is 1. The summed E-state index contributed by atoms with van der Waals surface area (Å²) in [5, 5.41) is 2.86. The molecule has 1 aliphatic heterocycles. The molecule has 282 valence electrons. The van der Waals surface area contributed by atoms with E-state index in [1.807, 2.05) is 58.0 Å². The van der Waals surface area contributed by atoms with Gasteiger partial charge in [0.15, 0.2) is 5.96 Å². The largest absolute Gasteiger partial charge is 0.467 e. The van der Waals surface area contributed by atoms with Crippen LogP contribution in [0.1, 0.15) is 65.9 Å². The fourth-order valence-corrected chi connectivity index (χ4v) is 6.75. The number of methoxy groups -OCH3 is 3. The molecule has 3 N–H and O–H groups in total. The van der Waals surface area contributed by atoms with E-state index in [2.05, 4.69) is 10.3 Å². The molecule has 1 aromatic carbocycles. The number of carbonyl (C=O) groups excluding carboxylic acids is 4. The van der Waals surface area contributed by atoms with Gasteiger partial charge in [0.2, 0.25) is 17.7 Å². The van der Waals surface area contributed by atoms with Crippen LogP contribution < -0.4 is 11.1 Å². The molecule has 0 bridgehead atoms. The lowest BCUT2D eigenvalue weighted by atomic mass is 9.89. The highest BCUT2D eigenvalue weighted by Gasteiger charge is 2.43. The van der Waals surface area contributed by atoms with Crippen LogP contribution in [0.5, 0.6) is 0 Å². The zero-order valence-electron chi connectivity index (χ0n) is 32.0. The third-order valence-corrected chi connectivity index (χ3v) is 9.96. The molecule has 3 amide bonds. The molecule has 50 heavy (non-hydrogen) atoms. The van der Waals surface area contributed by atoms with E-state index >= 15 is 0 Å². The molecule has 13 nitrogen and oxygen atoms in total. The molecule has 13 heteroatoms. The van der Waals surface area contributed by atoms with Gasteiger partial charge in [0.25, 0.3) is 0 Å². The molecular weight excluding hydrogens is 640 g/mol. The number of aliphatic imine (C=N–C) groups is 1. The number of nitrogens with zero attached hydrogens (tertiary/aromatic N) is 4. The summed E-state index contributed by atoms with van der Waals surface area (Å²) < 4.78 is 16.9. The fourth-order valence-electron chi connectivity index (χ4n) is 6.75. The van der Waals surface area contributed by atoms with Crippen molar-refractivity contribution in [2.75, 3.05) is 49.0 Å². The van der Waals surface area contributed by atoms with Crippen molar-refractivity contribution in [2.45, 2.75) is 103 Å². The Morgan fingerprint density at radius 1 is 1.02 bits per heavy atom. The highest BCUT2D eigenvalue weighted by atomic mass is 16.5. The molecule has 1 aromatic rings.